The highest BCUT2D eigenvalue weighted by molar-refractivity contribution is 8.00. The van der Waals surface area contributed by atoms with Gasteiger partial charge in [-0.2, -0.15) is 0 Å². The Hall–Kier alpha value is -0.990. The van der Waals surface area contributed by atoms with Gasteiger partial charge in [-0.1, -0.05) is 0 Å². The zero-order chi connectivity index (χ0) is 15.0. The fourth-order valence-corrected chi connectivity index (χ4v) is 4.54. The Kier molecular flexibility index (Phi) is 4.28. The van der Waals surface area contributed by atoms with E-state index >= 15 is 0 Å². The average molecular weight is 316 g/mol. The van der Waals surface area contributed by atoms with E-state index in [0.29, 0.717) is 31.4 Å². The molecule has 2 aliphatic heterocycles. The monoisotopic (exact) mass is 316 g/mol. The Balaban J connectivity index is 1.79. The first-order chi connectivity index (χ1) is 10.1. The molecular weight excluding hydrogens is 296 g/mol. The van der Waals surface area contributed by atoms with Crippen molar-refractivity contribution in [3.63, 3.8) is 0 Å². The summed E-state index contributed by atoms with van der Waals surface area (Å²) < 4.78 is 5.28. The van der Waals surface area contributed by atoms with E-state index in [9.17, 15) is 19.8 Å². The summed E-state index contributed by atoms with van der Waals surface area (Å²) in [5.74, 6) is -0.0964. The quantitative estimate of drug-likeness (QED) is 0.764. The minimum Gasteiger partial charge on any atom is -0.480 e. The lowest BCUT2D eigenvalue weighted by atomic mass is 10.2. The number of rotatable bonds is 3. The van der Waals surface area contributed by atoms with Gasteiger partial charge in [0.1, 0.15) is 6.04 Å². The Morgan fingerprint density at radius 2 is 2.10 bits per heavy atom. The fourth-order valence-electron chi connectivity index (χ4n) is 2.91. The molecule has 3 rings (SSSR count). The van der Waals surface area contributed by atoms with E-state index in [1.807, 2.05) is 0 Å². The number of morpholine rings is 1. The first kappa shape index (κ1) is 14.9. The third-order valence-corrected chi connectivity index (χ3v) is 5.71. The highest BCUT2D eigenvalue weighted by Gasteiger charge is 2.49. The van der Waals surface area contributed by atoms with Crippen molar-refractivity contribution in [2.24, 2.45) is 5.92 Å². The molecule has 0 aromatic carbocycles. The van der Waals surface area contributed by atoms with Gasteiger partial charge in [-0.15, -0.1) is 11.8 Å². The molecule has 0 spiro atoms. The Labute approximate surface area is 127 Å². The van der Waals surface area contributed by atoms with Crippen LogP contribution in [0.15, 0.2) is 0 Å². The number of hydrogen-bond donors (Lipinski definition) is 2. The van der Waals surface area contributed by atoms with Gasteiger partial charge in [-0.25, -0.2) is 9.59 Å². The fraction of sp³-hybridized carbons (Fsp3) is 0.846. The molecule has 0 aromatic heterocycles. The van der Waals surface area contributed by atoms with E-state index in [0.717, 1.165) is 12.8 Å². The van der Waals surface area contributed by atoms with E-state index in [4.69, 9.17) is 4.74 Å². The number of hydrogen-bond acceptors (Lipinski definition) is 5. The molecule has 118 valence electrons. The highest BCUT2D eigenvalue weighted by atomic mass is 32.2. The van der Waals surface area contributed by atoms with Crippen LogP contribution in [-0.4, -0.2) is 81.6 Å². The highest BCUT2D eigenvalue weighted by Crippen LogP contribution is 2.45. The van der Waals surface area contributed by atoms with E-state index in [-0.39, 0.29) is 24.1 Å². The van der Waals surface area contributed by atoms with E-state index < -0.39 is 12.0 Å². The van der Waals surface area contributed by atoms with Gasteiger partial charge in [0.25, 0.3) is 0 Å². The molecule has 2 heterocycles. The van der Waals surface area contributed by atoms with Crippen LogP contribution < -0.4 is 0 Å². The van der Waals surface area contributed by atoms with Crippen LogP contribution in [0.25, 0.3) is 0 Å². The van der Waals surface area contributed by atoms with Crippen molar-refractivity contribution in [1.82, 2.24) is 9.80 Å². The Morgan fingerprint density at radius 1 is 1.33 bits per heavy atom. The second-order valence-electron chi connectivity index (χ2n) is 5.71. The largest absolute Gasteiger partial charge is 0.480 e. The Bertz CT molecular complexity index is 431. The molecule has 3 atom stereocenters. The first-order valence-corrected chi connectivity index (χ1v) is 8.30. The maximum Gasteiger partial charge on any atom is 0.327 e. The molecule has 8 heteroatoms. The summed E-state index contributed by atoms with van der Waals surface area (Å²) in [4.78, 5) is 27.4. The van der Waals surface area contributed by atoms with Crippen LogP contribution >= 0.6 is 11.8 Å². The summed E-state index contributed by atoms with van der Waals surface area (Å²) in [6.07, 6.45) is 2.11. The second-order valence-corrected chi connectivity index (χ2v) is 6.86. The predicted octanol–water partition coefficient (Wildman–Crippen LogP) is 0.0376. The summed E-state index contributed by atoms with van der Waals surface area (Å²) in [6, 6.07) is -1.42. The van der Waals surface area contributed by atoms with E-state index in [2.05, 4.69) is 0 Å². The lowest BCUT2D eigenvalue weighted by molar-refractivity contribution is -0.141. The zero-order valence-corrected chi connectivity index (χ0v) is 12.5. The van der Waals surface area contributed by atoms with Crippen molar-refractivity contribution >= 4 is 23.8 Å². The number of carboxylic acids is 1. The number of carboxylic acid groups (broad SMARTS) is 1. The number of aliphatic hydroxyl groups excluding tert-OH is 1. The molecule has 0 radical (unpaired) electrons. The van der Waals surface area contributed by atoms with Crippen LogP contribution in [0.4, 0.5) is 4.79 Å². The number of thioether (sulfide) groups is 1. The van der Waals surface area contributed by atoms with Crippen molar-refractivity contribution < 1.29 is 24.5 Å². The lowest BCUT2D eigenvalue weighted by Gasteiger charge is -2.39. The second kappa shape index (κ2) is 6.02. The molecule has 1 aliphatic carbocycles. The van der Waals surface area contributed by atoms with Crippen molar-refractivity contribution in [2.75, 3.05) is 32.1 Å². The lowest BCUT2D eigenvalue weighted by Crippen LogP contribution is -2.58. The molecule has 3 unspecified atom stereocenters. The normalized spacial score (nSPS) is 33.3. The molecule has 21 heavy (non-hydrogen) atoms. The van der Waals surface area contributed by atoms with Gasteiger partial charge in [-0.05, 0) is 18.8 Å². The average Bonchev–Trinajstić information content (AvgIpc) is 3.24. The van der Waals surface area contributed by atoms with Crippen LogP contribution in [0.1, 0.15) is 12.8 Å². The minimum absolute atomic E-state index is 0.0409. The maximum absolute atomic E-state index is 12.8. The molecule has 3 aliphatic rings. The summed E-state index contributed by atoms with van der Waals surface area (Å²) >= 11 is 1.56. The number of ether oxygens (including phenoxy) is 1. The molecule has 2 N–H and O–H groups in total. The van der Waals surface area contributed by atoms with Gasteiger partial charge in [0.2, 0.25) is 0 Å². The minimum atomic E-state index is -0.951. The molecule has 2 amide bonds. The summed E-state index contributed by atoms with van der Waals surface area (Å²) in [6.45, 7) is 0.956. The topological polar surface area (TPSA) is 90.3 Å². The molecule has 0 aromatic rings. The van der Waals surface area contributed by atoms with E-state index in [1.165, 1.54) is 4.90 Å². The predicted molar refractivity (Wildman–Crippen MR) is 76.0 cm³/mol. The molecule has 3 fully saturated rings. The van der Waals surface area contributed by atoms with Crippen molar-refractivity contribution in [3.05, 3.63) is 0 Å². The molecule has 7 nitrogen and oxygen atoms in total. The number of carbonyl (C=O) groups is 2. The Morgan fingerprint density at radius 3 is 2.71 bits per heavy atom. The molecule has 1 saturated carbocycles. The van der Waals surface area contributed by atoms with Crippen molar-refractivity contribution in [1.29, 1.82) is 0 Å². The maximum atomic E-state index is 12.8. The number of carbonyl (C=O) groups excluding carboxylic acids is 1. The van der Waals surface area contributed by atoms with Gasteiger partial charge < -0.3 is 19.8 Å². The smallest absolute Gasteiger partial charge is 0.327 e. The molecule has 2 saturated heterocycles. The van der Waals surface area contributed by atoms with Gasteiger partial charge in [0.15, 0.2) is 0 Å². The number of amides is 2. The summed E-state index contributed by atoms with van der Waals surface area (Å²) in [5, 5.41) is 18.7. The number of aliphatic carboxylic acids is 1. The van der Waals surface area contributed by atoms with Gasteiger partial charge in [-0.3, -0.25) is 4.90 Å². The van der Waals surface area contributed by atoms with Crippen LogP contribution in [0.2, 0.25) is 0 Å². The van der Waals surface area contributed by atoms with Crippen molar-refractivity contribution in [3.8, 4) is 0 Å². The number of aliphatic hydroxyl groups is 1. The summed E-state index contributed by atoms with van der Waals surface area (Å²) in [5.41, 5.74) is 0. The third kappa shape index (κ3) is 2.84. The van der Waals surface area contributed by atoms with Gasteiger partial charge >= 0.3 is 12.0 Å². The van der Waals surface area contributed by atoms with Crippen molar-refractivity contribution in [2.45, 2.75) is 30.3 Å². The van der Waals surface area contributed by atoms with Crippen LogP contribution in [0.3, 0.4) is 0 Å². The third-order valence-electron chi connectivity index (χ3n) is 4.25. The van der Waals surface area contributed by atoms with Crippen LogP contribution in [0, 0.1) is 5.92 Å². The first-order valence-electron chi connectivity index (χ1n) is 7.25. The molecular formula is C13H20N2O5S. The standard InChI is InChI=1S/C13H20N2O5S/c16-5-9-6-20-4-3-14(9)13(19)15-10(12(17)18)7-21-11(15)8-1-2-8/h8-11,16H,1-7H2,(H,17,18). The SMILES string of the molecule is O=C(O)C1CSC(C2CC2)N1C(=O)N1CCOCC1CO. The number of urea groups is 1. The molecule has 0 bridgehead atoms. The van der Waals surface area contributed by atoms with Crippen LogP contribution in [-0.2, 0) is 9.53 Å². The van der Waals surface area contributed by atoms with Crippen LogP contribution in [0.5, 0.6) is 0 Å². The summed E-state index contributed by atoms with van der Waals surface area (Å²) in [7, 11) is 0. The van der Waals surface area contributed by atoms with Gasteiger partial charge in [0, 0.05) is 12.3 Å². The number of nitrogens with zero attached hydrogens (tertiary/aromatic N) is 2. The van der Waals surface area contributed by atoms with E-state index in [1.54, 1.807) is 16.7 Å². The zero-order valence-electron chi connectivity index (χ0n) is 11.7. The van der Waals surface area contributed by atoms with Gasteiger partial charge in [0.05, 0.1) is 31.2 Å².